The number of thiophene rings is 1. The molecule has 1 aliphatic carbocycles. The fourth-order valence-corrected chi connectivity index (χ4v) is 4.46. The molecule has 0 radical (unpaired) electrons. The number of nitrogens with zero attached hydrogens (tertiary/aromatic N) is 2. The van der Waals surface area contributed by atoms with Crippen molar-refractivity contribution in [2.75, 3.05) is 6.61 Å². The highest BCUT2D eigenvalue weighted by Crippen LogP contribution is 2.27. The highest BCUT2D eigenvalue weighted by atomic mass is 32.1. The fourth-order valence-electron chi connectivity index (χ4n) is 3.46. The van der Waals surface area contributed by atoms with Gasteiger partial charge in [-0.2, -0.15) is 5.10 Å². The van der Waals surface area contributed by atoms with Crippen LogP contribution in [0.2, 0.25) is 0 Å². The zero-order chi connectivity index (χ0) is 17.8. The number of carbonyl (C=O) groups is 1. The van der Waals surface area contributed by atoms with Crippen LogP contribution in [0.15, 0.2) is 17.5 Å². The van der Waals surface area contributed by atoms with E-state index < -0.39 is 6.04 Å². The molecule has 1 fully saturated rings. The zero-order valence-corrected chi connectivity index (χ0v) is 15.9. The lowest BCUT2D eigenvalue weighted by atomic mass is 9.95. The largest absolute Gasteiger partial charge is 0.396 e. The monoisotopic (exact) mass is 380 g/mol. The summed E-state index contributed by atoms with van der Waals surface area (Å²) in [5.74, 6) is 0.732. The van der Waals surface area contributed by atoms with Crippen LogP contribution >= 0.6 is 23.6 Å². The average molecular weight is 381 g/mol. The summed E-state index contributed by atoms with van der Waals surface area (Å²) in [7, 11) is 0. The van der Waals surface area contributed by atoms with Crippen LogP contribution in [0.3, 0.4) is 0 Å². The third-order valence-electron chi connectivity index (χ3n) is 4.93. The van der Waals surface area contributed by atoms with Gasteiger partial charge in [-0.25, -0.2) is 0 Å². The first kappa shape index (κ1) is 18.3. The quantitative estimate of drug-likeness (QED) is 0.549. The van der Waals surface area contributed by atoms with E-state index in [0.29, 0.717) is 10.6 Å². The summed E-state index contributed by atoms with van der Waals surface area (Å²) in [5, 5.41) is 21.9. The van der Waals surface area contributed by atoms with Crippen molar-refractivity contribution in [2.24, 2.45) is 5.92 Å². The number of carbonyl (C=O) groups excluding carboxylic acids is 1. The van der Waals surface area contributed by atoms with Crippen molar-refractivity contribution in [2.45, 2.75) is 51.1 Å². The Bertz CT molecular complexity index is 753. The zero-order valence-electron chi connectivity index (χ0n) is 14.3. The summed E-state index contributed by atoms with van der Waals surface area (Å²) in [6.45, 7) is 1.95. The van der Waals surface area contributed by atoms with E-state index in [1.54, 1.807) is 15.9 Å². The lowest BCUT2D eigenvalue weighted by Crippen LogP contribution is -2.44. The van der Waals surface area contributed by atoms with Crippen LogP contribution in [0.5, 0.6) is 0 Å². The second kappa shape index (κ2) is 8.25. The number of rotatable bonds is 5. The first-order valence-corrected chi connectivity index (χ1v) is 10.0. The fraction of sp³-hybridized carbons (Fsp3) is 0.588. The van der Waals surface area contributed by atoms with Crippen molar-refractivity contribution in [1.82, 2.24) is 20.1 Å². The van der Waals surface area contributed by atoms with Gasteiger partial charge in [-0.1, -0.05) is 25.3 Å². The van der Waals surface area contributed by atoms with Crippen LogP contribution in [0, 0.1) is 10.7 Å². The van der Waals surface area contributed by atoms with Gasteiger partial charge in [0.1, 0.15) is 6.04 Å². The number of nitrogens with one attached hydrogen (secondary N) is 2. The Labute approximate surface area is 156 Å². The van der Waals surface area contributed by atoms with E-state index in [2.05, 4.69) is 15.5 Å². The Hall–Kier alpha value is -1.51. The summed E-state index contributed by atoms with van der Waals surface area (Å²) in [5.41, 5.74) is 0. The van der Waals surface area contributed by atoms with E-state index in [9.17, 15) is 9.90 Å². The molecule has 0 spiro atoms. The summed E-state index contributed by atoms with van der Waals surface area (Å²) in [4.78, 5) is 13.8. The minimum absolute atomic E-state index is 0.0220. The molecule has 6 nitrogen and oxygen atoms in total. The third-order valence-corrected chi connectivity index (χ3v) is 6.09. The molecule has 25 heavy (non-hydrogen) atoms. The number of aliphatic hydroxyl groups excluding tert-OH is 1. The maximum Gasteiger partial charge on any atom is 0.243 e. The normalized spacial score (nSPS) is 22.3. The topological polar surface area (TPSA) is 82.9 Å². The second-order valence-corrected chi connectivity index (χ2v) is 7.91. The second-order valence-electron chi connectivity index (χ2n) is 6.57. The number of aromatic nitrogens is 3. The Morgan fingerprint density at radius 3 is 3.04 bits per heavy atom. The van der Waals surface area contributed by atoms with Gasteiger partial charge in [-0.3, -0.25) is 14.5 Å². The standard InChI is InChI=1S/C17H24N4O2S2/c1-11(16(23)18-13-7-4-2-3-6-12(13)10-22)21-15(19-20-17(21)24)14-8-5-9-25-14/h5,8-9,11-13,22H,2-4,6-7,10H2,1H3,(H,18,23)(H,20,24). The summed E-state index contributed by atoms with van der Waals surface area (Å²) >= 11 is 6.90. The molecular weight excluding hydrogens is 356 g/mol. The summed E-state index contributed by atoms with van der Waals surface area (Å²) < 4.78 is 2.20. The van der Waals surface area contributed by atoms with Gasteiger partial charge in [0.25, 0.3) is 0 Å². The van der Waals surface area contributed by atoms with Crippen molar-refractivity contribution in [3.05, 3.63) is 22.3 Å². The number of H-pyrrole nitrogens is 1. The Kier molecular flexibility index (Phi) is 6.03. The number of hydrogen-bond donors (Lipinski definition) is 3. The number of aliphatic hydroxyl groups is 1. The van der Waals surface area contributed by atoms with E-state index in [0.717, 1.165) is 37.0 Å². The number of aromatic amines is 1. The molecule has 1 saturated carbocycles. The van der Waals surface area contributed by atoms with Gasteiger partial charge in [0, 0.05) is 18.6 Å². The Morgan fingerprint density at radius 2 is 2.32 bits per heavy atom. The van der Waals surface area contributed by atoms with Crippen molar-refractivity contribution in [1.29, 1.82) is 0 Å². The minimum Gasteiger partial charge on any atom is -0.396 e. The molecule has 2 aromatic rings. The van der Waals surface area contributed by atoms with Crippen LogP contribution in [0.25, 0.3) is 10.7 Å². The molecule has 0 aromatic carbocycles. The average Bonchev–Trinajstić information content (AvgIpc) is 3.20. The first-order chi connectivity index (χ1) is 12.1. The molecule has 1 aliphatic rings. The Morgan fingerprint density at radius 1 is 1.52 bits per heavy atom. The molecular formula is C17H24N4O2S2. The van der Waals surface area contributed by atoms with Crippen LogP contribution in [0.4, 0.5) is 0 Å². The van der Waals surface area contributed by atoms with Crippen LogP contribution < -0.4 is 5.32 Å². The molecule has 0 saturated heterocycles. The van der Waals surface area contributed by atoms with Crippen molar-refractivity contribution in [3.8, 4) is 10.7 Å². The molecule has 1 amide bonds. The molecule has 0 bridgehead atoms. The van der Waals surface area contributed by atoms with Gasteiger partial charge in [-0.05, 0) is 43.4 Å². The summed E-state index contributed by atoms with van der Waals surface area (Å²) in [6.07, 6.45) is 5.23. The van der Waals surface area contributed by atoms with E-state index in [1.807, 2.05) is 24.4 Å². The van der Waals surface area contributed by atoms with E-state index in [4.69, 9.17) is 12.2 Å². The third kappa shape index (κ3) is 4.02. The van der Waals surface area contributed by atoms with Crippen molar-refractivity contribution >= 4 is 29.5 Å². The van der Waals surface area contributed by atoms with Gasteiger partial charge >= 0.3 is 0 Å². The predicted molar refractivity (Wildman–Crippen MR) is 101 cm³/mol. The van der Waals surface area contributed by atoms with Crippen LogP contribution in [-0.2, 0) is 4.79 Å². The molecule has 0 aliphatic heterocycles. The van der Waals surface area contributed by atoms with Crippen LogP contribution in [-0.4, -0.2) is 38.4 Å². The Balaban J connectivity index is 1.79. The molecule has 136 valence electrons. The van der Waals surface area contributed by atoms with Gasteiger partial charge in [0.15, 0.2) is 10.6 Å². The maximum atomic E-state index is 12.9. The highest BCUT2D eigenvalue weighted by molar-refractivity contribution is 7.71. The van der Waals surface area contributed by atoms with Gasteiger partial charge in [0.05, 0.1) is 4.88 Å². The lowest BCUT2D eigenvalue weighted by molar-refractivity contribution is -0.125. The lowest BCUT2D eigenvalue weighted by Gasteiger charge is -2.26. The number of amides is 1. The maximum absolute atomic E-state index is 12.9. The van der Waals surface area contributed by atoms with E-state index >= 15 is 0 Å². The van der Waals surface area contributed by atoms with Gasteiger partial charge in [0.2, 0.25) is 5.91 Å². The molecule has 3 N–H and O–H groups in total. The minimum atomic E-state index is -0.467. The molecule has 2 heterocycles. The molecule has 2 aromatic heterocycles. The van der Waals surface area contributed by atoms with E-state index in [-0.39, 0.29) is 24.5 Å². The smallest absolute Gasteiger partial charge is 0.243 e. The van der Waals surface area contributed by atoms with Crippen molar-refractivity contribution in [3.63, 3.8) is 0 Å². The van der Waals surface area contributed by atoms with Crippen molar-refractivity contribution < 1.29 is 9.90 Å². The van der Waals surface area contributed by atoms with Gasteiger partial charge < -0.3 is 10.4 Å². The highest BCUT2D eigenvalue weighted by Gasteiger charge is 2.28. The van der Waals surface area contributed by atoms with Gasteiger partial charge in [-0.15, -0.1) is 11.3 Å². The molecule has 3 rings (SSSR count). The summed E-state index contributed by atoms with van der Waals surface area (Å²) in [6, 6.07) is 3.47. The SMILES string of the molecule is CC(C(=O)NC1CCCCCC1CO)n1c(-c2cccs2)n[nH]c1=S. The molecule has 3 unspecified atom stereocenters. The van der Waals surface area contributed by atoms with E-state index in [1.165, 1.54) is 0 Å². The predicted octanol–water partition coefficient (Wildman–Crippen LogP) is 3.29. The first-order valence-electron chi connectivity index (χ1n) is 8.74. The van der Waals surface area contributed by atoms with Crippen LogP contribution in [0.1, 0.15) is 45.1 Å². The number of hydrogen-bond acceptors (Lipinski definition) is 5. The molecule has 3 atom stereocenters. The molecule has 8 heteroatoms.